The number of aromatic nitrogens is 1. The smallest absolute Gasteiger partial charge is 0.407 e. The molecule has 3 rings (SSSR count). The number of nitrogens with zero attached hydrogens (tertiary/aromatic N) is 2. The van der Waals surface area contributed by atoms with Crippen LogP contribution in [0.1, 0.15) is 24.3 Å². The summed E-state index contributed by atoms with van der Waals surface area (Å²) in [5.74, 6) is 0.524. The topological polar surface area (TPSA) is 65.5 Å². The normalized spacial score (nSPS) is 20.4. The van der Waals surface area contributed by atoms with Gasteiger partial charge in [-0.2, -0.15) is 13.2 Å². The highest BCUT2D eigenvalue weighted by Gasteiger charge is 2.62. The average molecular weight is 315 g/mol. The van der Waals surface area contributed by atoms with Crippen LogP contribution in [0, 0.1) is 5.41 Å². The molecule has 2 aliphatic rings. The van der Waals surface area contributed by atoms with E-state index in [0.717, 1.165) is 5.56 Å². The van der Waals surface area contributed by atoms with Crippen molar-refractivity contribution in [2.75, 3.05) is 25.0 Å². The Morgan fingerprint density at radius 2 is 2.09 bits per heavy atom. The lowest BCUT2D eigenvalue weighted by Gasteiger charge is -2.37. The van der Waals surface area contributed by atoms with Crippen molar-refractivity contribution in [1.29, 1.82) is 0 Å². The van der Waals surface area contributed by atoms with Gasteiger partial charge >= 0.3 is 12.3 Å². The van der Waals surface area contributed by atoms with Crippen molar-refractivity contribution in [2.45, 2.75) is 24.9 Å². The fraction of sp³-hybridized carbons (Fsp3) is 0.571. The molecule has 1 saturated heterocycles. The van der Waals surface area contributed by atoms with Gasteiger partial charge in [0.05, 0.1) is 5.41 Å². The first-order chi connectivity index (χ1) is 10.3. The molecule has 1 amide bonds. The van der Waals surface area contributed by atoms with E-state index in [-0.39, 0.29) is 25.3 Å². The first-order valence-electron chi connectivity index (χ1n) is 7.05. The van der Waals surface area contributed by atoms with E-state index in [0.29, 0.717) is 18.9 Å². The lowest BCUT2D eigenvalue weighted by atomic mass is 9.93. The van der Waals surface area contributed by atoms with Gasteiger partial charge in [0.2, 0.25) is 0 Å². The van der Waals surface area contributed by atoms with Crippen LogP contribution in [0.4, 0.5) is 23.8 Å². The summed E-state index contributed by atoms with van der Waals surface area (Å²) < 4.78 is 38.4. The number of hydrogen-bond acceptors (Lipinski definition) is 3. The molecule has 5 nitrogen and oxygen atoms in total. The van der Waals surface area contributed by atoms with E-state index in [1.165, 1.54) is 4.90 Å². The predicted octanol–water partition coefficient (Wildman–Crippen LogP) is 2.91. The lowest BCUT2D eigenvalue weighted by molar-refractivity contribution is -0.182. The van der Waals surface area contributed by atoms with Crippen molar-refractivity contribution in [3.63, 3.8) is 0 Å². The molecule has 0 atom stereocenters. The second kappa shape index (κ2) is 5.03. The molecule has 1 aliphatic heterocycles. The lowest BCUT2D eigenvalue weighted by Crippen LogP contribution is -2.47. The molecule has 0 radical (unpaired) electrons. The van der Waals surface area contributed by atoms with Crippen LogP contribution < -0.4 is 5.32 Å². The summed E-state index contributed by atoms with van der Waals surface area (Å²) in [6.45, 7) is 0.709. The molecular weight excluding hydrogens is 299 g/mol. The van der Waals surface area contributed by atoms with Crippen molar-refractivity contribution >= 4 is 11.9 Å². The molecule has 120 valence electrons. The summed E-state index contributed by atoms with van der Waals surface area (Å²) in [4.78, 5) is 16.1. The third kappa shape index (κ3) is 2.69. The summed E-state index contributed by atoms with van der Waals surface area (Å²) >= 11 is 0. The number of halogens is 3. The van der Waals surface area contributed by atoms with Crippen molar-refractivity contribution in [3.8, 4) is 0 Å². The minimum atomic E-state index is -4.17. The van der Waals surface area contributed by atoms with Crippen molar-refractivity contribution in [2.24, 2.45) is 5.41 Å². The zero-order valence-electron chi connectivity index (χ0n) is 11.7. The van der Waals surface area contributed by atoms with Gasteiger partial charge in [-0.1, -0.05) is 6.07 Å². The largest absolute Gasteiger partial charge is 0.465 e. The average Bonchev–Trinajstić information content (AvgIpc) is 3.16. The minimum Gasteiger partial charge on any atom is -0.465 e. The Bertz CT molecular complexity index is 564. The maximum atomic E-state index is 12.8. The number of pyridine rings is 1. The first kappa shape index (κ1) is 14.9. The van der Waals surface area contributed by atoms with Crippen LogP contribution in [0.15, 0.2) is 18.3 Å². The summed E-state index contributed by atoms with van der Waals surface area (Å²) in [5, 5.41) is 11.5. The summed E-state index contributed by atoms with van der Waals surface area (Å²) in [5.41, 5.74) is -0.691. The molecule has 0 spiro atoms. The highest BCUT2D eigenvalue weighted by Crippen LogP contribution is 2.57. The van der Waals surface area contributed by atoms with E-state index < -0.39 is 17.7 Å². The van der Waals surface area contributed by atoms with Gasteiger partial charge < -0.3 is 15.3 Å². The molecule has 2 N–H and O–H groups in total. The summed E-state index contributed by atoms with van der Waals surface area (Å²) in [6.07, 6.45) is -3.20. The number of anilines is 1. The van der Waals surface area contributed by atoms with Gasteiger partial charge in [-0.25, -0.2) is 9.78 Å². The number of rotatable bonds is 4. The Labute approximate surface area is 125 Å². The standard InChI is InChI=1S/C14H16F3N3O2/c15-14(16,17)13(3-4-13)8-19-11-2-1-9(5-18-11)10-6-20(7-10)12(21)22/h1-2,5,10H,3-4,6-8H2,(H,18,19)(H,21,22). The van der Waals surface area contributed by atoms with Crippen LogP contribution in [0.2, 0.25) is 0 Å². The fourth-order valence-electron chi connectivity index (χ4n) is 2.57. The number of carbonyl (C=O) groups is 1. The van der Waals surface area contributed by atoms with Crippen LogP contribution in [0.5, 0.6) is 0 Å². The number of likely N-dealkylation sites (tertiary alicyclic amines) is 1. The molecule has 0 aromatic carbocycles. The molecule has 1 aromatic heterocycles. The fourth-order valence-corrected chi connectivity index (χ4v) is 2.57. The van der Waals surface area contributed by atoms with E-state index in [9.17, 15) is 18.0 Å². The molecule has 1 aliphatic carbocycles. The van der Waals surface area contributed by atoms with Gasteiger partial charge in [-0.15, -0.1) is 0 Å². The third-order valence-corrected chi connectivity index (χ3v) is 4.47. The van der Waals surface area contributed by atoms with Crippen molar-refractivity contribution in [3.05, 3.63) is 23.9 Å². The Kier molecular flexibility index (Phi) is 3.41. The van der Waals surface area contributed by atoms with Gasteiger partial charge in [0.15, 0.2) is 0 Å². The van der Waals surface area contributed by atoms with Crippen LogP contribution in [0.3, 0.4) is 0 Å². The van der Waals surface area contributed by atoms with Crippen LogP contribution in [0.25, 0.3) is 0 Å². The molecule has 8 heteroatoms. The van der Waals surface area contributed by atoms with E-state index >= 15 is 0 Å². The molecule has 1 aromatic rings. The number of amides is 1. The van der Waals surface area contributed by atoms with E-state index in [2.05, 4.69) is 10.3 Å². The SMILES string of the molecule is O=C(O)N1CC(c2ccc(NCC3(C(F)(F)F)CC3)nc2)C1. The minimum absolute atomic E-state index is 0.114. The predicted molar refractivity (Wildman–Crippen MR) is 72.8 cm³/mol. The zero-order chi connectivity index (χ0) is 16.0. The maximum absolute atomic E-state index is 12.8. The maximum Gasteiger partial charge on any atom is 0.407 e. The van der Waals surface area contributed by atoms with Crippen LogP contribution in [-0.4, -0.2) is 46.9 Å². The van der Waals surface area contributed by atoms with Crippen molar-refractivity contribution < 1.29 is 23.1 Å². The van der Waals surface area contributed by atoms with Crippen LogP contribution in [-0.2, 0) is 0 Å². The second-order valence-corrected chi connectivity index (χ2v) is 5.99. The Morgan fingerprint density at radius 3 is 2.55 bits per heavy atom. The zero-order valence-corrected chi connectivity index (χ0v) is 11.7. The second-order valence-electron chi connectivity index (χ2n) is 5.99. The monoisotopic (exact) mass is 315 g/mol. The number of hydrogen-bond donors (Lipinski definition) is 2. The highest BCUT2D eigenvalue weighted by atomic mass is 19.4. The van der Waals surface area contributed by atoms with Crippen molar-refractivity contribution in [1.82, 2.24) is 9.88 Å². The van der Waals surface area contributed by atoms with E-state index in [1.807, 2.05) is 0 Å². The highest BCUT2D eigenvalue weighted by molar-refractivity contribution is 5.66. The van der Waals surface area contributed by atoms with Gasteiger partial charge in [-0.3, -0.25) is 0 Å². The Hall–Kier alpha value is -1.99. The molecule has 2 heterocycles. The first-order valence-corrected chi connectivity index (χ1v) is 7.05. The van der Waals surface area contributed by atoms with E-state index in [4.69, 9.17) is 5.11 Å². The molecular formula is C14H16F3N3O2. The molecule has 0 bridgehead atoms. The Morgan fingerprint density at radius 1 is 1.41 bits per heavy atom. The van der Waals surface area contributed by atoms with Gasteiger partial charge in [0.25, 0.3) is 0 Å². The van der Waals surface area contributed by atoms with Crippen LogP contribution >= 0.6 is 0 Å². The summed E-state index contributed by atoms with van der Waals surface area (Å²) in [7, 11) is 0. The molecule has 1 saturated carbocycles. The quantitative estimate of drug-likeness (QED) is 0.896. The number of carboxylic acid groups (broad SMARTS) is 1. The third-order valence-electron chi connectivity index (χ3n) is 4.47. The Balaban J connectivity index is 1.54. The van der Waals surface area contributed by atoms with Gasteiger partial charge in [-0.05, 0) is 24.5 Å². The molecule has 2 fully saturated rings. The van der Waals surface area contributed by atoms with Gasteiger partial charge in [0, 0.05) is 31.7 Å². The molecule has 0 unspecified atom stereocenters. The number of alkyl halides is 3. The number of nitrogens with one attached hydrogen (secondary N) is 1. The molecule has 22 heavy (non-hydrogen) atoms. The van der Waals surface area contributed by atoms with E-state index in [1.54, 1.807) is 18.3 Å². The van der Waals surface area contributed by atoms with Gasteiger partial charge in [0.1, 0.15) is 5.82 Å². The summed E-state index contributed by atoms with van der Waals surface area (Å²) in [6, 6.07) is 3.43.